The number of hydrogen-bond donors (Lipinski definition) is 0. The van der Waals surface area contributed by atoms with Crippen LogP contribution in [0.15, 0.2) is 146 Å². The van der Waals surface area contributed by atoms with Gasteiger partial charge in [0.2, 0.25) is 0 Å². The maximum atomic E-state index is 4.05. The van der Waals surface area contributed by atoms with Crippen LogP contribution in [-0.4, -0.2) is 4.57 Å². The van der Waals surface area contributed by atoms with Crippen molar-refractivity contribution in [2.24, 2.45) is 0 Å². The first-order valence-electron chi connectivity index (χ1n) is 16.0. The fourth-order valence-corrected chi connectivity index (χ4v) is 7.57. The molecule has 2 nitrogen and oxygen atoms in total. The fourth-order valence-electron chi connectivity index (χ4n) is 7.57. The summed E-state index contributed by atoms with van der Waals surface area (Å²) in [6.07, 6.45) is 6.21. The van der Waals surface area contributed by atoms with Crippen molar-refractivity contribution in [3.63, 3.8) is 0 Å². The van der Waals surface area contributed by atoms with Crippen LogP contribution in [-0.2, 0) is 5.41 Å². The lowest BCUT2D eigenvalue weighted by molar-refractivity contribution is 0.660. The van der Waals surface area contributed by atoms with E-state index in [1.807, 2.05) is 6.08 Å². The third-order valence-corrected chi connectivity index (χ3v) is 9.70. The summed E-state index contributed by atoms with van der Waals surface area (Å²) in [6.45, 7) is 10.8. The first-order chi connectivity index (χ1) is 22.5. The van der Waals surface area contributed by atoms with Crippen LogP contribution >= 0.6 is 0 Å². The van der Waals surface area contributed by atoms with Gasteiger partial charge in [0.25, 0.3) is 0 Å². The van der Waals surface area contributed by atoms with E-state index in [-0.39, 0.29) is 5.41 Å². The molecule has 0 saturated carbocycles. The Morgan fingerprint density at radius 3 is 2.17 bits per heavy atom. The fraction of sp³-hybridized carbons (Fsp3) is 0.0909. The highest BCUT2D eigenvalue weighted by Gasteiger charge is 2.35. The van der Waals surface area contributed by atoms with Gasteiger partial charge >= 0.3 is 0 Å². The minimum Gasteiger partial charge on any atom is -0.310 e. The third-order valence-electron chi connectivity index (χ3n) is 9.70. The smallest absolute Gasteiger partial charge is 0.0561 e. The number of aromatic nitrogens is 1. The first kappa shape index (κ1) is 27.9. The third kappa shape index (κ3) is 4.18. The van der Waals surface area contributed by atoms with E-state index in [9.17, 15) is 0 Å². The summed E-state index contributed by atoms with van der Waals surface area (Å²) in [6, 6.07) is 48.7. The standard InChI is InChI=1S/C44H36N2/c1-5-15-41-34(6-2)37-26-24-33(29-43(37)46(41)31-18-8-7-9-19-31)45(42-23-14-17-30-16-10-11-20-35(30)42)32-25-27-40-38(28-32)36-21-12-13-22-39(36)44(40,3)4/h5-29H,1H2,2-4H3/b34-6-,41-15+. The summed E-state index contributed by atoms with van der Waals surface area (Å²) < 4.78 is 2.36. The first-order valence-corrected chi connectivity index (χ1v) is 16.0. The second kappa shape index (κ2) is 10.8. The zero-order valence-corrected chi connectivity index (χ0v) is 26.5. The van der Waals surface area contributed by atoms with Crippen molar-refractivity contribution in [1.82, 2.24) is 4.57 Å². The summed E-state index contributed by atoms with van der Waals surface area (Å²) in [4.78, 5) is 2.44. The number of anilines is 3. The summed E-state index contributed by atoms with van der Waals surface area (Å²) >= 11 is 0. The highest BCUT2D eigenvalue weighted by molar-refractivity contribution is 6.01. The molecule has 8 rings (SSSR count). The molecule has 1 aromatic heterocycles. The normalized spacial score (nSPS) is 14.1. The Morgan fingerprint density at radius 2 is 1.35 bits per heavy atom. The molecule has 0 bridgehead atoms. The molecule has 6 aromatic carbocycles. The number of hydrogen-bond acceptors (Lipinski definition) is 1. The van der Waals surface area contributed by atoms with Gasteiger partial charge in [0.15, 0.2) is 0 Å². The average Bonchev–Trinajstić information content (AvgIpc) is 3.52. The lowest BCUT2D eigenvalue weighted by Gasteiger charge is -2.28. The van der Waals surface area contributed by atoms with Crippen LogP contribution in [0.2, 0.25) is 0 Å². The van der Waals surface area contributed by atoms with Crippen molar-refractivity contribution in [3.8, 4) is 16.8 Å². The van der Waals surface area contributed by atoms with Gasteiger partial charge in [0, 0.05) is 38.5 Å². The zero-order chi connectivity index (χ0) is 31.4. The molecule has 1 aliphatic carbocycles. The van der Waals surface area contributed by atoms with E-state index in [0.29, 0.717) is 0 Å². The van der Waals surface area contributed by atoms with E-state index >= 15 is 0 Å². The number of benzene rings is 6. The van der Waals surface area contributed by atoms with Gasteiger partial charge in [0.05, 0.1) is 16.6 Å². The van der Waals surface area contributed by atoms with Crippen LogP contribution in [0.4, 0.5) is 17.1 Å². The van der Waals surface area contributed by atoms with E-state index in [2.05, 4.69) is 182 Å². The molecule has 0 amide bonds. The van der Waals surface area contributed by atoms with E-state index in [4.69, 9.17) is 0 Å². The Morgan fingerprint density at radius 1 is 0.652 bits per heavy atom. The molecule has 0 saturated heterocycles. The topological polar surface area (TPSA) is 8.17 Å². The summed E-state index contributed by atoms with van der Waals surface area (Å²) in [5, 5.41) is 5.98. The zero-order valence-electron chi connectivity index (χ0n) is 26.5. The molecule has 0 radical (unpaired) electrons. The molecular formula is C44H36N2. The lowest BCUT2D eigenvalue weighted by atomic mass is 9.82. The predicted molar refractivity (Wildman–Crippen MR) is 197 cm³/mol. The van der Waals surface area contributed by atoms with Gasteiger partial charge in [-0.05, 0) is 83.1 Å². The molecule has 0 N–H and O–H groups in total. The molecule has 1 heterocycles. The molecule has 46 heavy (non-hydrogen) atoms. The van der Waals surface area contributed by atoms with Crippen LogP contribution in [0, 0.1) is 0 Å². The van der Waals surface area contributed by atoms with Gasteiger partial charge in [-0.2, -0.15) is 0 Å². The molecule has 2 heteroatoms. The molecule has 222 valence electrons. The van der Waals surface area contributed by atoms with Crippen molar-refractivity contribution < 1.29 is 0 Å². The molecular weight excluding hydrogens is 556 g/mol. The van der Waals surface area contributed by atoms with Crippen LogP contribution in [0.25, 0.3) is 50.6 Å². The minimum absolute atomic E-state index is 0.0464. The average molecular weight is 593 g/mol. The molecule has 0 atom stereocenters. The van der Waals surface area contributed by atoms with Gasteiger partial charge in [-0.25, -0.2) is 0 Å². The van der Waals surface area contributed by atoms with Crippen molar-refractivity contribution in [2.45, 2.75) is 26.2 Å². The quantitative estimate of drug-likeness (QED) is 0.193. The van der Waals surface area contributed by atoms with E-state index in [1.165, 1.54) is 43.6 Å². The Balaban J connectivity index is 1.44. The van der Waals surface area contributed by atoms with Crippen molar-refractivity contribution >= 4 is 50.9 Å². The number of fused-ring (bicyclic) bond motifs is 5. The number of nitrogens with zero attached hydrogens (tertiary/aromatic N) is 2. The van der Waals surface area contributed by atoms with Crippen LogP contribution in [0.1, 0.15) is 31.9 Å². The number of rotatable bonds is 5. The van der Waals surface area contributed by atoms with E-state index in [1.54, 1.807) is 0 Å². The van der Waals surface area contributed by atoms with Crippen LogP contribution in [0.5, 0.6) is 0 Å². The highest BCUT2D eigenvalue weighted by atomic mass is 15.1. The maximum Gasteiger partial charge on any atom is 0.0561 e. The second-order valence-corrected chi connectivity index (χ2v) is 12.6. The van der Waals surface area contributed by atoms with Crippen LogP contribution < -0.4 is 15.5 Å². The molecule has 1 aliphatic rings. The number of allylic oxidation sites excluding steroid dienone is 1. The van der Waals surface area contributed by atoms with Crippen molar-refractivity contribution in [2.75, 3.05) is 4.90 Å². The van der Waals surface area contributed by atoms with E-state index in [0.717, 1.165) is 33.6 Å². The SMILES string of the molecule is C=C/C=c1\c(=C/C)c2ccc(N(c3ccc4c(c3)-c3ccccc3C4(C)C)c3cccc4ccccc34)cc2n1-c1ccccc1. The molecule has 7 aromatic rings. The summed E-state index contributed by atoms with van der Waals surface area (Å²) in [5.74, 6) is 0. The van der Waals surface area contributed by atoms with Crippen LogP contribution in [0.3, 0.4) is 0 Å². The summed E-state index contributed by atoms with van der Waals surface area (Å²) in [5.41, 5.74) is 11.0. The van der Waals surface area contributed by atoms with Crippen molar-refractivity contribution in [3.05, 3.63) is 168 Å². The Kier molecular flexibility index (Phi) is 6.54. The monoisotopic (exact) mass is 592 g/mol. The lowest BCUT2D eigenvalue weighted by Crippen LogP contribution is -2.27. The predicted octanol–water partition coefficient (Wildman–Crippen LogP) is 10.3. The Labute approximate surface area is 270 Å². The number of para-hydroxylation sites is 1. The summed E-state index contributed by atoms with van der Waals surface area (Å²) in [7, 11) is 0. The van der Waals surface area contributed by atoms with Gasteiger partial charge in [-0.3, -0.25) is 0 Å². The minimum atomic E-state index is -0.0464. The Hall–Kier alpha value is -5.60. The largest absolute Gasteiger partial charge is 0.310 e. The molecule has 0 spiro atoms. The molecule has 0 fully saturated rings. The van der Waals surface area contributed by atoms with Gasteiger partial charge < -0.3 is 9.47 Å². The van der Waals surface area contributed by atoms with Gasteiger partial charge in [-0.1, -0.05) is 124 Å². The van der Waals surface area contributed by atoms with E-state index < -0.39 is 0 Å². The highest BCUT2D eigenvalue weighted by Crippen LogP contribution is 2.51. The second-order valence-electron chi connectivity index (χ2n) is 12.6. The van der Waals surface area contributed by atoms with Gasteiger partial charge in [-0.15, -0.1) is 0 Å². The maximum absolute atomic E-state index is 4.05. The van der Waals surface area contributed by atoms with Crippen molar-refractivity contribution in [1.29, 1.82) is 0 Å². The molecule has 0 aliphatic heterocycles. The molecule has 0 unspecified atom stereocenters. The van der Waals surface area contributed by atoms with Gasteiger partial charge in [0.1, 0.15) is 0 Å². The Bertz CT molecular complexity index is 2420.